The largest absolute Gasteiger partial charge is 0.465 e. The Balaban J connectivity index is 3.13. The second-order valence-electron chi connectivity index (χ2n) is 2.17. The Morgan fingerprint density at radius 2 is 2.62 bits per heavy atom. The van der Waals surface area contributed by atoms with E-state index in [4.69, 9.17) is 15.7 Å². The van der Waals surface area contributed by atoms with E-state index in [-0.39, 0.29) is 16.4 Å². The molecule has 0 radical (unpaired) electrons. The lowest BCUT2D eigenvalue weighted by Crippen LogP contribution is -2.07. The summed E-state index contributed by atoms with van der Waals surface area (Å²) in [7, 11) is 1.18. The minimum Gasteiger partial charge on any atom is -0.465 e. The first kappa shape index (κ1) is 6.21. The lowest BCUT2D eigenvalue weighted by atomic mass is 10.2. The van der Waals surface area contributed by atoms with Gasteiger partial charge in [-0.2, -0.15) is 0 Å². The summed E-state index contributed by atoms with van der Waals surface area (Å²) in [4.78, 5) is 15.1. The Morgan fingerprint density at radius 3 is 3.23 bits per heavy atom. The van der Waals surface area contributed by atoms with Gasteiger partial charge in [0.15, 0.2) is 0 Å². The molecule has 4 nitrogen and oxygen atoms in total. The van der Waals surface area contributed by atoms with Crippen LogP contribution in [0.4, 0.5) is 5.82 Å². The number of esters is 1. The predicted octanol–water partition coefficient (Wildman–Crippen LogP) is 1.56. The third kappa shape index (κ3) is 2.09. The molecule has 0 unspecified atom stereocenters. The lowest BCUT2D eigenvalue weighted by Gasteiger charge is -2.05. The third-order valence-electron chi connectivity index (χ3n) is 1.38. The van der Waals surface area contributed by atoms with Crippen LogP contribution in [0.25, 0.3) is 0 Å². The van der Waals surface area contributed by atoms with Crippen LogP contribution in [0.3, 0.4) is 0 Å². The molecule has 13 heavy (non-hydrogen) atoms. The summed E-state index contributed by atoms with van der Waals surface area (Å²) in [6, 6.07) is 1.29. The van der Waals surface area contributed by atoms with Crippen molar-refractivity contribution in [1.29, 1.82) is 0 Å². The number of carbonyl (C=O) groups is 1. The molecule has 5 heteroatoms. The van der Waals surface area contributed by atoms with Gasteiger partial charge in [-0.25, -0.2) is 9.78 Å². The van der Waals surface area contributed by atoms with E-state index in [0.29, 0.717) is 0 Å². The van der Waals surface area contributed by atoms with E-state index in [1.807, 2.05) is 0 Å². The Labute approximate surface area is 85.1 Å². The highest BCUT2D eigenvalue weighted by molar-refractivity contribution is 6.30. The van der Waals surface area contributed by atoms with Crippen molar-refractivity contribution < 1.29 is 13.6 Å². The number of anilines is 1. The molecule has 0 atom stereocenters. The van der Waals surface area contributed by atoms with Crippen molar-refractivity contribution in [2.45, 2.75) is 0 Å². The van der Waals surface area contributed by atoms with Crippen molar-refractivity contribution in [2.24, 2.45) is 0 Å². The van der Waals surface area contributed by atoms with Crippen LogP contribution in [0.1, 0.15) is 14.5 Å². The fourth-order valence-electron chi connectivity index (χ4n) is 0.804. The zero-order valence-corrected chi connectivity index (χ0v) is 7.55. The van der Waals surface area contributed by atoms with Gasteiger partial charge in [-0.1, -0.05) is 11.6 Å². The van der Waals surface area contributed by atoms with Crippen LogP contribution in [0.2, 0.25) is 5.02 Å². The van der Waals surface area contributed by atoms with E-state index in [9.17, 15) is 4.79 Å². The molecule has 1 aromatic rings. The first-order chi connectivity index (χ1) is 7.33. The summed E-state index contributed by atoms with van der Waals surface area (Å²) in [6.07, 6.45) is 1.24. The molecular formula is C8H9ClN2O2. The quantitative estimate of drug-likeness (QED) is 0.742. The number of ether oxygens (including phenoxy) is 1. The number of aromatic nitrogens is 1. The van der Waals surface area contributed by atoms with Crippen molar-refractivity contribution in [1.82, 2.24) is 4.98 Å². The fraction of sp³-hybridized carbons (Fsp3) is 0.250. The maximum absolute atomic E-state index is 11.3. The Kier molecular flexibility index (Phi) is 1.95. The molecule has 70 valence electrons. The zero-order chi connectivity index (χ0) is 12.3. The first-order valence-corrected chi connectivity index (χ1v) is 3.73. The number of nitrogens with one attached hydrogen (secondary N) is 1. The van der Waals surface area contributed by atoms with Crippen molar-refractivity contribution in [2.75, 3.05) is 19.4 Å². The van der Waals surface area contributed by atoms with Crippen LogP contribution in [-0.4, -0.2) is 25.0 Å². The van der Waals surface area contributed by atoms with Crippen LogP contribution in [0, 0.1) is 0 Å². The summed E-state index contributed by atoms with van der Waals surface area (Å²) < 4.78 is 25.5. The normalized spacial score (nSPS) is 13.8. The van der Waals surface area contributed by atoms with E-state index in [1.165, 1.54) is 19.4 Å². The van der Waals surface area contributed by atoms with Gasteiger partial charge in [0, 0.05) is 17.3 Å². The number of carbonyl (C=O) groups excluding carboxylic acids is 1. The number of pyridine rings is 1. The molecule has 1 heterocycles. The number of methoxy groups -OCH3 is 1. The molecular weight excluding hydrogens is 192 g/mol. The van der Waals surface area contributed by atoms with Crippen molar-refractivity contribution in [3.05, 3.63) is 22.8 Å². The number of rotatable bonds is 2. The molecule has 0 saturated carbocycles. The molecule has 0 spiro atoms. The number of hydrogen-bond acceptors (Lipinski definition) is 4. The smallest absolute Gasteiger partial charge is 0.341 e. The molecule has 1 rings (SSSR count). The third-order valence-corrected chi connectivity index (χ3v) is 1.58. The average molecular weight is 204 g/mol. The Hall–Kier alpha value is -1.29. The second kappa shape index (κ2) is 4.09. The molecule has 1 aromatic heterocycles. The minimum atomic E-state index is -2.44. The van der Waals surface area contributed by atoms with Gasteiger partial charge in [-0.15, -0.1) is 0 Å². The maximum atomic E-state index is 11.3. The molecule has 0 aliphatic rings. The molecule has 0 aliphatic heterocycles. The standard InChI is InChI=1S/C8H9ClN2O2/c1-10-7-6(8(12)13-2)3-5(9)4-11-7/h3-4H,1-2H3,(H,10,11)/i1D3. The Bertz CT molecular complexity index is 409. The topological polar surface area (TPSA) is 51.2 Å². The van der Waals surface area contributed by atoms with Gasteiger partial charge in [-0.05, 0) is 6.07 Å². The summed E-state index contributed by atoms with van der Waals surface area (Å²) in [5.74, 6) is -0.794. The van der Waals surface area contributed by atoms with Crippen LogP contribution in [-0.2, 0) is 4.74 Å². The van der Waals surface area contributed by atoms with E-state index >= 15 is 0 Å². The van der Waals surface area contributed by atoms with Gasteiger partial charge in [0.2, 0.25) is 0 Å². The van der Waals surface area contributed by atoms with Gasteiger partial charge in [0.1, 0.15) is 11.4 Å². The highest BCUT2D eigenvalue weighted by atomic mass is 35.5. The number of hydrogen-bond donors (Lipinski definition) is 1. The van der Waals surface area contributed by atoms with Gasteiger partial charge in [-0.3, -0.25) is 0 Å². The van der Waals surface area contributed by atoms with Gasteiger partial charge >= 0.3 is 5.97 Å². The highest BCUT2D eigenvalue weighted by Crippen LogP contribution is 2.17. The summed E-state index contributed by atoms with van der Waals surface area (Å²) in [5, 5.41) is 2.34. The second-order valence-corrected chi connectivity index (χ2v) is 2.60. The van der Waals surface area contributed by atoms with Crippen LogP contribution < -0.4 is 5.32 Å². The van der Waals surface area contributed by atoms with E-state index < -0.39 is 12.9 Å². The van der Waals surface area contributed by atoms with E-state index in [2.05, 4.69) is 15.0 Å². The predicted molar refractivity (Wildman–Crippen MR) is 50.1 cm³/mol. The van der Waals surface area contributed by atoms with Crippen molar-refractivity contribution >= 4 is 23.4 Å². The molecule has 0 amide bonds. The molecule has 0 saturated heterocycles. The average Bonchev–Trinajstić information content (AvgIpc) is 2.17. The molecule has 0 aromatic carbocycles. The maximum Gasteiger partial charge on any atom is 0.341 e. The van der Waals surface area contributed by atoms with Gasteiger partial charge in [0.05, 0.1) is 12.1 Å². The van der Waals surface area contributed by atoms with E-state index in [1.54, 1.807) is 0 Å². The summed E-state index contributed by atoms with van der Waals surface area (Å²) in [5.41, 5.74) is -0.0221. The molecule has 0 aliphatic carbocycles. The highest BCUT2D eigenvalue weighted by Gasteiger charge is 2.12. The van der Waals surface area contributed by atoms with Crippen LogP contribution in [0.15, 0.2) is 12.3 Å². The van der Waals surface area contributed by atoms with Crippen molar-refractivity contribution in [3.8, 4) is 0 Å². The molecule has 0 fully saturated rings. The summed E-state index contributed by atoms with van der Waals surface area (Å²) in [6.45, 7) is -2.44. The number of halogens is 1. The lowest BCUT2D eigenvalue weighted by molar-refractivity contribution is 0.0601. The van der Waals surface area contributed by atoms with Gasteiger partial charge in [0.25, 0.3) is 0 Å². The molecule has 0 bridgehead atoms. The van der Waals surface area contributed by atoms with E-state index in [0.717, 1.165) is 0 Å². The first-order valence-electron chi connectivity index (χ1n) is 4.85. The fourth-order valence-corrected chi connectivity index (χ4v) is 0.962. The van der Waals surface area contributed by atoms with Crippen LogP contribution in [0.5, 0.6) is 0 Å². The monoisotopic (exact) mass is 203 g/mol. The Morgan fingerprint density at radius 1 is 1.85 bits per heavy atom. The van der Waals surface area contributed by atoms with Crippen molar-refractivity contribution in [3.63, 3.8) is 0 Å². The zero-order valence-electron chi connectivity index (χ0n) is 9.80. The molecule has 1 N–H and O–H groups in total. The minimum absolute atomic E-state index is 0.0221. The summed E-state index contributed by atoms with van der Waals surface area (Å²) >= 11 is 5.65. The van der Waals surface area contributed by atoms with Gasteiger partial charge < -0.3 is 10.1 Å². The van der Waals surface area contributed by atoms with Crippen LogP contribution >= 0.6 is 11.6 Å². The SMILES string of the molecule is [2H]C([2H])([2H])Nc1ncc(Cl)cc1C(=O)OC. The number of nitrogens with zero attached hydrogens (tertiary/aromatic N) is 1.